The van der Waals surface area contributed by atoms with E-state index in [1.54, 1.807) is 40.7 Å². The topological polar surface area (TPSA) is 49.4 Å². The van der Waals surface area contributed by atoms with E-state index >= 15 is 0 Å². The van der Waals surface area contributed by atoms with E-state index in [2.05, 4.69) is 0 Å². The predicted octanol–water partition coefficient (Wildman–Crippen LogP) is -3.06. The highest BCUT2D eigenvalue weighted by atomic mass is 127. The number of amides is 2. The Morgan fingerprint density at radius 1 is 1.11 bits per heavy atom. The maximum Gasteiger partial charge on any atom is 0.415 e. The number of aryl methyl sites for hydroxylation is 1. The van der Waals surface area contributed by atoms with Gasteiger partial charge in [0, 0.05) is 35.1 Å². The molecular weight excluding hydrogens is 347 g/mol. The Balaban J connectivity index is 0. The number of carbonyl (C=O) groups is 2. The van der Waals surface area contributed by atoms with E-state index < -0.39 is 0 Å². The van der Waals surface area contributed by atoms with Crippen LogP contribution in [0.5, 0.6) is 0 Å². The first kappa shape index (κ1) is 19.2. The number of hydrogen-bond acceptors (Lipinski definition) is 2. The van der Waals surface area contributed by atoms with Crippen LogP contribution in [0.1, 0.15) is 6.92 Å². The molecule has 0 saturated carbocycles. The monoisotopic (exact) mass is 368 g/mol. The third-order valence-electron chi connectivity index (χ3n) is 2.00. The molecule has 0 radical (unpaired) electrons. The molecule has 6 nitrogen and oxygen atoms in total. The van der Waals surface area contributed by atoms with E-state index in [9.17, 15) is 9.59 Å². The van der Waals surface area contributed by atoms with E-state index in [1.165, 1.54) is 21.3 Å². The predicted molar refractivity (Wildman–Crippen MR) is 64.5 cm³/mol. The maximum absolute atomic E-state index is 11.2. The summed E-state index contributed by atoms with van der Waals surface area (Å²) in [5.74, 6) is 0.0926. The number of carbonyl (C=O) groups excluding carboxylic acids is 2. The van der Waals surface area contributed by atoms with Crippen LogP contribution >= 0.6 is 0 Å². The van der Waals surface area contributed by atoms with Crippen LogP contribution in [0.25, 0.3) is 0 Å². The molecule has 0 aliphatic heterocycles. The summed E-state index contributed by atoms with van der Waals surface area (Å²) in [4.78, 5) is 24.4. The van der Waals surface area contributed by atoms with E-state index in [0.29, 0.717) is 0 Å². The zero-order valence-corrected chi connectivity index (χ0v) is 13.9. The highest BCUT2D eigenvalue weighted by molar-refractivity contribution is 5.75. The molecule has 0 N–H and O–H groups in total. The SMILES string of the molecule is CC(=O)N(C)C.CN(C)C(=O)n1cc[n+](C)c1.[I-]. The first-order valence-electron chi connectivity index (χ1n) is 5.18. The third-order valence-corrected chi connectivity index (χ3v) is 2.00. The van der Waals surface area contributed by atoms with Crippen molar-refractivity contribution in [2.75, 3.05) is 28.2 Å². The van der Waals surface area contributed by atoms with Crippen molar-refractivity contribution in [2.24, 2.45) is 7.05 Å². The molecule has 0 unspecified atom stereocenters. The first-order chi connectivity index (χ1) is 7.75. The van der Waals surface area contributed by atoms with Gasteiger partial charge in [-0.25, -0.2) is 9.36 Å². The minimum Gasteiger partial charge on any atom is -1.00 e. The second-order valence-corrected chi connectivity index (χ2v) is 4.08. The largest absolute Gasteiger partial charge is 1.00 e. The molecule has 0 aliphatic rings. The Morgan fingerprint density at radius 3 is 1.78 bits per heavy atom. The van der Waals surface area contributed by atoms with Crippen molar-refractivity contribution in [1.29, 1.82) is 0 Å². The Kier molecular flexibility index (Phi) is 9.50. The summed E-state index contributed by atoms with van der Waals surface area (Å²) in [5.41, 5.74) is 0. The van der Waals surface area contributed by atoms with Gasteiger partial charge in [0.15, 0.2) is 0 Å². The Labute approximate surface area is 125 Å². The molecule has 0 saturated heterocycles. The summed E-state index contributed by atoms with van der Waals surface area (Å²) in [7, 11) is 8.77. The van der Waals surface area contributed by atoms with Crippen molar-refractivity contribution in [3.8, 4) is 0 Å². The third kappa shape index (κ3) is 7.25. The van der Waals surface area contributed by atoms with Gasteiger partial charge in [0.2, 0.25) is 5.91 Å². The number of nitrogens with zero attached hydrogens (tertiary/aromatic N) is 4. The van der Waals surface area contributed by atoms with Crippen LogP contribution in [0.15, 0.2) is 18.7 Å². The molecule has 1 rings (SSSR count). The van der Waals surface area contributed by atoms with E-state index in [4.69, 9.17) is 0 Å². The van der Waals surface area contributed by atoms with Crippen molar-refractivity contribution < 1.29 is 38.1 Å². The minimum absolute atomic E-state index is 0. The van der Waals surface area contributed by atoms with Crippen LogP contribution in [-0.4, -0.2) is 54.5 Å². The lowest BCUT2D eigenvalue weighted by Crippen LogP contribution is -3.00. The van der Waals surface area contributed by atoms with Gasteiger partial charge >= 0.3 is 6.03 Å². The highest BCUT2D eigenvalue weighted by Gasteiger charge is 2.12. The highest BCUT2D eigenvalue weighted by Crippen LogP contribution is 1.87. The average Bonchev–Trinajstić information content (AvgIpc) is 2.64. The van der Waals surface area contributed by atoms with Gasteiger partial charge in [-0.1, -0.05) is 0 Å². The molecule has 0 aliphatic carbocycles. The standard InChI is InChI=1S/C7H12N3O.C4H9NO.HI/c1-8(2)7(11)10-5-4-9(3)6-10;1-4(6)5(2)3;/h4-6H,1-3H3;1-3H3;1H/q+1;;/p-1. The molecule has 18 heavy (non-hydrogen) atoms. The number of imidazole rings is 1. The second kappa shape index (κ2) is 8.90. The zero-order valence-electron chi connectivity index (χ0n) is 11.7. The molecule has 0 fully saturated rings. The molecule has 0 bridgehead atoms. The molecular formula is C11H21IN4O2. The van der Waals surface area contributed by atoms with Gasteiger partial charge < -0.3 is 33.8 Å². The molecule has 2 amide bonds. The molecule has 1 heterocycles. The van der Waals surface area contributed by atoms with Gasteiger partial charge in [-0.3, -0.25) is 4.79 Å². The Bertz CT molecular complexity index is 388. The fraction of sp³-hybridized carbons (Fsp3) is 0.545. The van der Waals surface area contributed by atoms with Crippen LogP contribution in [0, 0.1) is 0 Å². The summed E-state index contributed by atoms with van der Waals surface area (Å²) in [6.07, 6.45) is 5.27. The smallest absolute Gasteiger partial charge is 0.415 e. The normalized spacial score (nSPS) is 8.56. The van der Waals surface area contributed by atoms with Gasteiger partial charge in [-0.15, -0.1) is 0 Å². The van der Waals surface area contributed by atoms with Crippen LogP contribution in [0.3, 0.4) is 0 Å². The van der Waals surface area contributed by atoms with Crippen molar-refractivity contribution in [2.45, 2.75) is 6.92 Å². The summed E-state index contributed by atoms with van der Waals surface area (Å²) in [6.45, 7) is 1.53. The molecule has 7 heteroatoms. The van der Waals surface area contributed by atoms with Crippen LogP contribution in [0.2, 0.25) is 0 Å². The molecule has 104 valence electrons. The first-order valence-corrected chi connectivity index (χ1v) is 5.18. The lowest BCUT2D eigenvalue weighted by molar-refractivity contribution is -0.670. The van der Waals surface area contributed by atoms with Crippen LogP contribution < -0.4 is 28.5 Å². The van der Waals surface area contributed by atoms with Gasteiger partial charge in [0.05, 0.1) is 7.05 Å². The second-order valence-electron chi connectivity index (χ2n) is 4.08. The summed E-state index contributed by atoms with van der Waals surface area (Å²) in [6, 6.07) is -0.0365. The Hall–Kier alpha value is -1.12. The van der Waals surface area contributed by atoms with Crippen molar-refractivity contribution in [1.82, 2.24) is 14.4 Å². The maximum atomic E-state index is 11.2. The van der Waals surface area contributed by atoms with Crippen molar-refractivity contribution >= 4 is 11.9 Å². The van der Waals surface area contributed by atoms with Gasteiger partial charge in [0.25, 0.3) is 6.33 Å². The van der Waals surface area contributed by atoms with Crippen LogP contribution in [0.4, 0.5) is 4.79 Å². The zero-order chi connectivity index (χ0) is 13.6. The summed E-state index contributed by atoms with van der Waals surface area (Å²) >= 11 is 0. The van der Waals surface area contributed by atoms with Gasteiger partial charge in [0.1, 0.15) is 12.4 Å². The molecule has 1 aromatic rings. The lowest BCUT2D eigenvalue weighted by atomic mass is 10.7. The molecule has 0 atom stereocenters. The Morgan fingerprint density at radius 2 is 1.56 bits per heavy atom. The van der Waals surface area contributed by atoms with Gasteiger partial charge in [-0.05, 0) is 0 Å². The number of halogens is 1. The average molecular weight is 368 g/mol. The summed E-state index contributed by atoms with van der Waals surface area (Å²) in [5, 5.41) is 0. The number of hydrogen-bond donors (Lipinski definition) is 0. The summed E-state index contributed by atoms with van der Waals surface area (Å²) < 4.78 is 3.35. The quantitative estimate of drug-likeness (QED) is 0.361. The van der Waals surface area contributed by atoms with Crippen molar-refractivity contribution in [3.05, 3.63) is 18.7 Å². The van der Waals surface area contributed by atoms with Crippen LogP contribution in [-0.2, 0) is 11.8 Å². The molecule has 0 spiro atoms. The molecule has 0 aromatic carbocycles. The lowest BCUT2D eigenvalue weighted by Gasteiger charge is -2.03. The van der Waals surface area contributed by atoms with Gasteiger partial charge in [-0.2, -0.15) is 4.57 Å². The van der Waals surface area contributed by atoms with Crippen molar-refractivity contribution in [3.63, 3.8) is 0 Å². The number of rotatable bonds is 0. The van der Waals surface area contributed by atoms with E-state index in [0.717, 1.165) is 0 Å². The fourth-order valence-electron chi connectivity index (χ4n) is 0.794. The minimum atomic E-state index is -0.0365. The fourth-order valence-corrected chi connectivity index (χ4v) is 0.794. The number of aromatic nitrogens is 2. The van der Waals surface area contributed by atoms with E-state index in [-0.39, 0.29) is 35.9 Å². The van der Waals surface area contributed by atoms with E-state index in [1.807, 2.05) is 17.8 Å². The molecule has 1 aromatic heterocycles.